The van der Waals surface area contributed by atoms with E-state index in [0.29, 0.717) is 28.8 Å². The predicted octanol–water partition coefficient (Wildman–Crippen LogP) is 4.38. The van der Waals surface area contributed by atoms with Crippen molar-refractivity contribution in [2.24, 2.45) is 11.8 Å². The van der Waals surface area contributed by atoms with Crippen molar-refractivity contribution in [1.82, 2.24) is 4.90 Å². The van der Waals surface area contributed by atoms with Gasteiger partial charge in [-0.1, -0.05) is 45.0 Å². The van der Waals surface area contributed by atoms with Gasteiger partial charge in [-0.3, -0.25) is 9.59 Å². The molecule has 1 aliphatic heterocycles. The minimum Gasteiger partial charge on any atom is -0.484 e. The third-order valence-corrected chi connectivity index (χ3v) is 5.29. The number of ether oxygens (including phenoxy) is 1. The second kappa shape index (κ2) is 9.59. The van der Waals surface area contributed by atoms with Crippen molar-refractivity contribution in [2.75, 3.05) is 25.0 Å². The largest absolute Gasteiger partial charge is 0.484 e. The van der Waals surface area contributed by atoms with Gasteiger partial charge in [0.2, 0.25) is 0 Å². The highest BCUT2D eigenvalue weighted by atomic mass is 16.5. The molecule has 1 fully saturated rings. The molecule has 2 unspecified atom stereocenters. The molecule has 3 rings (SSSR count). The summed E-state index contributed by atoms with van der Waals surface area (Å²) in [7, 11) is 0. The van der Waals surface area contributed by atoms with E-state index in [1.165, 1.54) is 5.56 Å². The van der Waals surface area contributed by atoms with Crippen LogP contribution in [0.2, 0.25) is 0 Å². The summed E-state index contributed by atoms with van der Waals surface area (Å²) in [6, 6.07) is 14.9. The third kappa shape index (κ3) is 5.59. The molecule has 1 saturated heterocycles. The fourth-order valence-corrected chi connectivity index (χ4v) is 3.93. The van der Waals surface area contributed by atoms with Crippen molar-refractivity contribution in [1.29, 1.82) is 0 Å². The molecule has 0 aliphatic carbocycles. The molecule has 1 heterocycles. The number of benzene rings is 2. The maximum atomic E-state index is 13.1. The molecule has 0 saturated carbocycles. The average molecular weight is 395 g/mol. The van der Waals surface area contributed by atoms with Gasteiger partial charge in [0.1, 0.15) is 5.75 Å². The number of carbonyl (C=O) groups excluding carboxylic acids is 2. The SMILES string of the molecule is CCc1ccc(OCC(=O)Nc2ccccc2C(=O)N2CC(C)CC(C)C2)cc1. The number of carbonyl (C=O) groups is 2. The molecule has 2 aromatic carbocycles. The highest BCUT2D eigenvalue weighted by Gasteiger charge is 2.27. The predicted molar refractivity (Wildman–Crippen MR) is 115 cm³/mol. The number of hydrogen-bond acceptors (Lipinski definition) is 3. The highest BCUT2D eigenvalue weighted by molar-refractivity contribution is 6.04. The Morgan fingerprint density at radius 3 is 2.34 bits per heavy atom. The van der Waals surface area contributed by atoms with Gasteiger partial charge in [0.15, 0.2) is 6.61 Å². The zero-order chi connectivity index (χ0) is 20.8. The van der Waals surface area contributed by atoms with Crippen LogP contribution in [0.5, 0.6) is 5.75 Å². The number of nitrogens with zero attached hydrogens (tertiary/aromatic N) is 1. The number of amides is 2. The summed E-state index contributed by atoms with van der Waals surface area (Å²) in [5.41, 5.74) is 2.27. The van der Waals surface area contributed by atoms with Crippen molar-refractivity contribution in [3.63, 3.8) is 0 Å². The number of rotatable bonds is 6. The number of aryl methyl sites for hydroxylation is 1. The molecular formula is C24H30N2O3. The van der Waals surface area contributed by atoms with E-state index >= 15 is 0 Å². The summed E-state index contributed by atoms with van der Waals surface area (Å²) < 4.78 is 5.58. The molecule has 0 aromatic heterocycles. The van der Waals surface area contributed by atoms with Crippen LogP contribution >= 0.6 is 0 Å². The topological polar surface area (TPSA) is 58.6 Å². The monoisotopic (exact) mass is 394 g/mol. The fraction of sp³-hybridized carbons (Fsp3) is 0.417. The lowest BCUT2D eigenvalue weighted by Crippen LogP contribution is -2.42. The number of likely N-dealkylation sites (tertiary alicyclic amines) is 1. The van der Waals surface area contributed by atoms with Crippen LogP contribution < -0.4 is 10.1 Å². The first-order chi connectivity index (χ1) is 14.0. The van der Waals surface area contributed by atoms with E-state index in [9.17, 15) is 9.59 Å². The van der Waals surface area contributed by atoms with Crippen LogP contribution in [0.3, 0.4) is 0 Å². The Kier molecular flexibility index (Phi) is 6.91. The molecule has 1 aliphatic rings. The zero-order valence-electron chi connectivity index (χ0n) is 17.5. The molecule has 5 heteroatoms. The Balaban J connectivity index is 1.63. The zero-order valence-corrected chi connectivity index (χ0v) is 17.5. The van der Waals surface area contributed by atoms with E-state index in [4.69, 9.17) is 4.74 Å². The van der Waals surface area contributed by atoms with E-state index in [2.05, 4.69) is 26.1 Å². The minimum atomic E-state index is -0.287. The van der Waals surface area contributed by atoms with Gasteiger partial charge >= 0.3 is 0 Å². The second-order valence-corrected chi connectivity index (χ2v) is 8.04. The van der Waals surface area contributed by atoms with Crippen molar-refractivity contribution >= 4 is 17.5 Å². The number of piperidine rings is 1. The number of para-hydroxylation sites is 1. The van der Waals surface area contributed by atoms with Gasteiger partial charge in [-0.15, -0.1) is 0 Å². The lowest BCUT2D eigenvalue weighted by Gasteiger charge is -2.35. The third-order valence-electron chi connectivity index (χ3n) is 5.29. The molecule has 0 radical (unpaired) electrons. The Bertz CT molecular complexity index is 837. The van der Waals surface area contributed by atoms with Gasteiger partial charge in [0, 0.05) is 13.1 Å². The summed E-state index contributed by atoms with van der Waals surface area (Å²) in [5.74, 6) is 1.30. The number of anilines is 1. The molecule has 29 heavy (non-hydrogen) atoms. The van der Waals surface area contributed by atoms with Gasteiger partial charge in [-0.2, -0.15) is 0 Å². The Hall–Kier alpha value is -2.82. The van der Waals surface area contributed by atoms with Crippen LogP contribution in [0.4, 0.5) is 5.69 Å². The summed E-state index contributed by atoms with van der Waals surface area (Å²) in [6.45, 7) is 7.84. The molecule has 2 aromatic rings. The van der Waals surface area contributed by atoms with Crippen molar-refractivity contribution in [2.45, 2.75) is 33.6 Å². The van der Waals surface area contributed by atoms with Crippen LogP contribution in [0.1, 0.15) is 43.1 Å². The van der Waals surface area contributed by atoms with Gasteiger partial charge in [0.05, 0.1) is 11.3 Å². The molecule has 5 nitrogen and oxygen atoms in total. The van der Waals surface area contributed by atoms with Crippen molar-refractivity contribution in [3.8, 4) is 5.75 Å². The van der Waals surface area contributed by atoms with E-state index in [0.717, 1.165) is 25.9 Å². The van der Waals surface area contributed by atoms with E-state index in [1.807, 2.05) is 41.3 Å². The molecule has 0 spiro atoms. The Labute approximate surface area is 173 Å². The molecule has 2 amide bonds. The first kappa shape index (κ1) is 20.9. The minimum absolute atomic E-state index is 0.0321. The van der Waals surface area contributed by atoms with Crippen molar-refractivity contribution in [3.05, 3.63) is 59.7 Å². The normalized spacial score (nSPS) is 18.9. The van der Waals surface area contributed by atoms with Gasteiger partial charge < -0.3 is 15.0 Å². The van der Waals surface area contributed by atoms with Crippen LogP contribution in [0, 0.1) is 11.8 Å². The van der Waals surface area contributed by atoms with E-state index in [1.54, 1.807) is 12.1 Å². The smallest absolute Gasteiger partial charge is 0.262 e. The summed E-state index contributed by atoms with van der Waals surface area (Å²) in [5, 5.41) is 2.83. The first-order valence-corrected chi connectivity index (χ1v) is 10.4. The maximum Gasteiger partial charge on any atom is 0.262 e. The van der Waals surface area contributed by atoms with Crippen LogP contribution in [0.15, 0.2) is 48.5 Å². The standard InChI is InChI=1S/C24H30N2O3/c1-4-19-9-11-20(12-10-19)29-16-23(27)25-22-8-6-5-7-21(22)24(28)26-14-17(2)13-18(3)15-26/h5-12,17-18H,4,13-16H2,1-3H3,(H,25,27). The molecule has 154 valence electrons. The van der Waals surface area contributed by atoms with Crippen molar-refractivity contribution < 1.29 is 14.3 Å². The first-order valence-electron chi connectivity index (χ1n) is 10.4. The fourth-order valence-electron chi connectivity index (χ4n) is 3.93. The van der Waals surface area contributed by atoms with Crippen LogP contribution in [-0.4, -0.2) is 36.4 Å². The Morgan fingerprint density at radius 2 is 1.69 bits per heavy atom. The van der Waals surface area contributed by atoms with Crippen LogP contribution in [-0.2, 0) is 11.2 Å². The second-order valence-electron chi connectivity index (χ2n) is 8.04. The number of hydrogen-bond donors (Lipinski definition) is 1. The van der Waals surface area contributed by atoms with Gasteiger partial charge in [-0.05, 0) is 54.5 Å². The number of nitrogens with one attached hydrogen (secondary N) is 1. The molecule has 1 N–H and O–H groups in total. The molecular weight excluding hydrogens is 364 g/mol. The van der Waals surface area contributed by atoms with E-state index in [-0.39, 0.29) is 18.4 Å². The van der Waals surface area contributed by atoms with Gasteiger partial charge in [0.25, 0.3) is 11.8 Å². The van der Waals surface area contributed by atoms with Gasteiger partial charge in [-0.25, -0.2) is 0 Å². The molecule has 2 atom stereocenters. The van der Waals surface area contributed by atoms with E-state index < -0.39 is 0 Å². The summed E-state index contributed by atoms with van der Waals surface area (Å²) in [4.78, 5) is 27.4. The summed E-state index contributed by atoms with van der Waals surface area (Å²) >= 11 is 0. The summed E-state index contributed by atoms with van der Waals surface area (Å²) in [6.07, 6.45) is 2.10. The lowest BCUT2D eigenvalue weighted by molar-refractivity contribution is -0.118. The highest BCUT2D eigenvalue weighted by Crippen LogP contribution is 2.25. The average Bonchev–Trinajstić information content (AvgIpc) is 2.72. The van der Waals surface area contributed by atoms with Crippen LogP contribution in [0.25, 0.3) is 0 Å². The maximum absolute atomic E-state index is 13.1. The lowest BCUT2D eigenvalue weighted by atomic mass is 9.91. The quantitative estimate of drug-likeness (QED) is 0.791. The molecule has 0 bridgehead atoms. The Morgan fingerprint density at radius 1 is 1.03 bits per heavy atom.